The fraction of sp³-hybridized carbons (Fsp3) is 0.273. The van der Waals surface area contributed by atoms with Gasteiger partial charge in [0.05, 0.1) is 11.2 Å². The van der Waals surface area contributed by atoms with Crippen LogP contribution in [-0.4, -0.2) is 25.6 Å². The van der Waals surface area contributed by atoms with Crippen LogP contribution in [0.2, 0.25) is 0 Å². The molecule has 142 valence electrons. The number of para-hydroxylation sites is 1. The van der Waals surface area contributed by atoms with Gasteiger partial charge in [-0.2, -0.15) is 5.21 Å². The van der Waals surface area contributed by atoms with Gasteiger partial charge in [-0.25, -0.2) is 4.98 Å². The van der Waals surface area contributed by atoms with Gasteiger partial charge in [-0.15, -0.1) is 10.2 Å². The van der Waals surface area contributed by atoms with Gasteiger partial charge in [0.2, 0.25) is 0 Å². The number of fused-ring (bicyclic) bond motifs is 1. The quantitative estimate of drug-likeness (QED) is 0.443. The molecule has 4 rings (SSSR count). The number of ether oxygens (including phenoxy) is 1. The summed E-state index contributed by atoms with van der Waals surface area (Å²) in [5, 5.41) is 15.2. The van der Waals surface area contributed by atoms with E-state index in [0.29, 0.717) is 6.61 Å². The maximum absolute atomic E-state index is 5.97. The summed E-state index contributed by atoms with van der Waals surface area (Å²) in [6.07, 6.45) is 5.26. The van der Waals surface area contributed by atoms with Gasteiger partial charge in [-0.1, -0.05) is 48.0 Å². The van der Waals surface area contributed by atoms with E-state index in [1.54, 1.807) is 0 Å². The lowest BCUT2D eigenvalue weighted by Crippen LogP contribution is -1.99. The predicted octanol–water partition coefficient (Wildman–Crippen LogP) is 4.28. The number of hydrogen-bond donors (Lipinski definition) is 1. The molecule has 0 saturated carbocycles. The number of nitrogens with one attached hydrogen (secondary N) is 1. The summed E-state index contributed by atoms with van der Waals surface area (Å²) in [6, 6.07) is 20.6. The van der Waals surface area contributed by atoms with Gasteiger partial charge >= 0.3 is 0 Å². The normalized spacial score (nSPS) is 11.0. The van der Waals surface area contributed by atoms with Crippen LogP contribution in [-0.2, 0) is 19.4 Å². The Morgan fingerprint density at radius 2 is 1.79 bits per heavy atom. The number of benzene rings is 2. The van der Waals surface area contributed by atoms with Crippen molar-refractivity contribution in [3.63, 3.8) is 0 Å². The maximum atomic E-state index is 5.97. The first-order valence-corrected chi connectivity index (χ1v) is 9.65. The molecule has 0 amide bonds. The van der Waals surface area contributed by atoms with E-state index in [9.17, 15) is 0 Å². The number of aromatic nitrogens is 5. The molecule has 0 fully saturated rings. The van der Waals surface area contributed by atoms with Crippen molar-refractivity contribution in [2.24, 2.45) is 0 Å². The molecule has 2 heterocycles. The third kappa shape index (κ3) is 4.91. The number of nitrogens with zero attached hydrogens (tertiary/aromatic N) is 4. The van der Waals surface area contributed by atoms with Gasteiger partial charge in [-0.3, -0.25) is 0 Å². The highest BCUT2D eigenvalue weighted by Crippen LogP contribution is 2.18. The molecule has 0 aliphatic carbocycles. The van der Waals surface area contributed by atoms with Crippen LogP contribution in [0, 0.1) is 0 Å². The molecule has 2 aromatic carbocycles. The summed E-state index contributed by atoms with van der Waals surface area (Å²) < 4.78 is 5.97. The second kappa shape index (κ2) is 9.08. The van der Waals surface area contributed by atoms with Crippen molar-refractivity contribution in [2.75, 3.05) is 0 Å². The molecule has 0 spiro atoms. The second-order valence-corrected chi connectivity index (χ2v) is 6.82. The van der Waals surface area contributed by atoms with Gasteiger partial charge < -0.3 is 4.74 Å². The van der Waals surface area contributed by atoms with Crippen LogP contribution in [0.1, 0.15) is 36.3 Å². The minimum atomic E-state index is 0.471. The zero-order valence-corrected chi connectivity index (χ0v) is 15.7. The molecule has 0 unspecified atom stereocenters. The largest absolute Gasteiger partial charge is 0.487 e. The standard InChI is InChI=1S/C22H23N5O/c1(3-12-22-24-26-27-25-22)2-7-17-8-6-10-20(15-17)28-16-19-14-13-18-9-4-5-11-21(18)23-19/h4-6,8-11,13-15H,1-3,7,12,16H2,(H,24,25,26,27). The highest BCUT2D eigenvalue weighted by atomic mass is 16.5. The smallest absolute Gasteiger partial charge is 0.174 e. The van der Waals surface area contributed by atoms with Gasteiger partial charge in [0.15, 0.2) is 5.82 Å². The SMILES string of the molecule is c1cc(CCCCCc2nn[nH]n2)cc(OCc2ccc3ccccc3n2)c1. The molecule has 0 atom stereocenters. The topological polar surface area (TPSA) is 76.6 Å². The first-order valence-electron chi connectivity index (χ1n) is 9.65. The van der Waals surface area contributed by atoms with Crippen LogP contribution in [0.25, 0.3) is 10.9 Å². The third-order valence-electron chi connectivity index (χ3n) is 4.70. The van der Waals surface area contributed by atoms with E-state index in [0.717, 1.165) is 60.3 Å². The Morgan fingerprint density at radius 3 is 2.71 bits per heavy atom. The fourth-order valence-electron chi connectivity index (χ4n) is 3.21. The molecule has 28 heavy (non-hydrogen) atoms. The van der Waals surface area contributed by atoms with Crippen molar-refractivity contribution in [1.82, 2.24) is 25.6 Å². The number of unbranched alkanes of at least 4 members (excludes halogenated alkanes) is 2. The van der Waals surface area contributed by atoms with Crippen molar-refractivity contribution < 1.29 is 4.74 Å². The zero-order chi connectivity index (χ0) is 19.0. The lowest BCUT2D eigenvalue weighted by atomic mass is 10.1. The Balaban J connectivity index is 1.25. The van der Waals surface area contributed by atoms with Crippen molar-refractivity contribution in [3.8, 4) is 5.75 Å². The van der Waals surface area contributed by atoms with E-state index >= 15 is 0 Å². The summed E-state index contributed by atoms with van der Waals surface area (Å²) >= 11 is 0. The van der Waals surface area contributed by atoms with Crippen molar-refractivity contribution in [1.29, 1.82) is 0 Å². The number of hydrogen-bond acceptors (Lipinski definition) is 5. The monoisotopic (exact) mass is 373 g/mol. The maximum Gasteiger partial charge on any atom is 0.174 e. The van der Waals surface area contributed by atoms with Gasteiger partial charge in [0.25, 0.3) is 0 Å². The molecule has 1 N–H and O–H groups in total. The number of aryl methyl sites for hydroxylation is 2. The van der Waals surface area contributed by atoms with Crippen LogP contribution < -0.4 is 4.74 Å². The first-order chi connectivity index (χ1) is 13.9. The molecule has 6 heteroatoms. The predicted molar refractivity (Wildman–Crippen MR) is 108 cm³/mol. The highest BCUT2D eigenvalue weighted by molar-refractivity contribution is 5.78. The molecular formula is C22H23N5O. The Bertz CT molecular complexity index is 1020. The fourth-order valence-corrected chi connectivity index (χ4v) is 3.21. The second-order valence-electron chi connectivity index (χ2n) is 6.82. The van der Waals surface area contributed by atoms with Crippen LogP contribution in [0.15, 0.2) is 60.7 Å². The summed E-state index contributed by atoms with van der Waals surface area (Å²) in [6.45, 7) is 0.471. The minimum absolute atomic E-state index is 0.471. The molecule has 0 aliphatic heterocycles. The first kappa shape index (κ1) is 18.1. The van der Waals surface area contributed by atoms with E-state index in [2.05, 4.69) is 55.9 Å². The number of aromatic amines is 1. The summed E-state index contributed by atoms with van der Waals surface area (Å²) in [5.74, 6) is 1.68. The third-order valence-corrected chi connectivity index (χ3v) is 4.70. The Morgan fingerprint density at radius 1 is 0.857 bits per heavy atom. The Hall–Kier alpha value is -3.28. The average Bonchev–Trinajstić information content (AvgIpc) is 3.26. The average molecular weight is 373 g/mol. The van der Waals surface area contributed by atoms with Gasteiger partial charge in [0.1, 0.15) is 12.4 Å². The van der Waals surface area contributed by atoms with E-state index in [1.165, 1.54) is 5.56 Å². The highest BCUT2D eigenvalue weighted by Gasteiger charge is 2.02. The lowest BCUT2D eigenvalue weighted by Gasteiger charge is -2.08. The van der Waals surface area contributed by atoms with Crippen LogP contribution >= 0.6 is 0 Å². The molecule has 0 aliphatic rings. The summed E-state index contributed by atoms with van der Waals surface area (Å²) in [4.78, 5) is 4.66. The summed E-state index contributed by atoms with van der Waals surface area (Å²) in [7, 11) is 0. The van der Waals surface area contributed by atoms with Crippen molar-refractivity contribution in [3.05, 3.63) is 77.7 Å². The van der Waals surface area contributed by atoms with Crippen LogP contribution in [0.3, 0.4) is 0 Å². The number of tetrazole rings is 1. The van der Waals surface area contributed by atoms with E-state index in [-0.39, 0.29) is 0 Å². The van der Waals surface area contributed by atoms with Crippen molar-refractivity contribution in [2.45, 2.75) is 38.7 Å². The summed E-state index contributed by atoms with van der Waals surface area (Å²) in [5.41, 5.74) is 3.23. The number of H-pyrrole nitrogens is 1. The minimum Gasteiger partial charge on any atom is -0.487 e. The molecule has 4 aromatic rings. The Labute approximate surface area is 164 Å². The van der Waals surface area contributed by atoms with Crippen LogP contribution in [0.5, 0.6) is 5.75 Å². The van der Waals surface area contributed by atoms with E-state index in [1.807, 2.05) is 30.3 Å². The molecule has 0 saturated heterocycles. The number of pyridine rings is 1. The number of rotatable bonds is 9. The Kier molecular flexibility index (Phi) is 5.87. The van der Waals surface area contributed by atoms with E-state index in [4.69, 9.17) is 4.74 Å². The molecule has 2 aromatic heterocycles. The van der Waals surface area contributed by atoms with Gasteiger partial charge in [0, 0.05) is 11.8 Å². The molecule has 0 bridgehead atoms. The van der Waals surface area contributed by atoms with E-state index < -0.39 is 0 Å². The molecule has 6 nitrogen and oxygen atoms in total. The van der Waals surface area contributed by atoms with Crippen molar-refractivity contribution >= 4 is 10.9 Å². The molecular weight excluding hydrogens is 350 g/mol. The lowest BCUT2D eigenvalue weighted by molar-refractivity contribution is 0.301. The molecule has 0 radical (unpaired) electrons. The van der Waals surface area contributed by atoms with Crippen LogP contribution in [0.4, 0.5) is 0 Å². The zero-order valence-electron chi connectivity index (χ0n) is 15.7. The van der Waals surface area contributed by atoms with Gasteiger partial charge in [-0.05, 0) is 49.1 Å².